The van der Waals surface area contributed by atoms with Crippen LogP contribution in [0.4, 0.5) is 4.39 Å². The van der Waals surface area contributed by atoms with Gasteiger partial charge in [-0.15, -0.1) is 4.37 Å². The number of ether oxygens (including phenoxy) is 1. The third-order valence-electron chi connectivity index (χ3n) is 2.97. The molecule has 0 saturated carbocycles. The number of hydrogen-bond donors (Lipinski definition) is 2. The topological polar surface area (TPSA) is 67.3 Å². The third kappa shape index (κ3) is 4.73. The number of nitrogens with one attached hydrogen (secondary N) is 1. The van der Waals surface area contributed by atoms with Crippen molar-refractivity contribution >= 4 is 11.7 Å². The van der Waals surface area contributed by atoms with E-state index in [0.717, 1.165) is 17.3 Å². The number of hydrogen-bond acceptors (Lipinski definition) is 6. The molecule has 0 radical (unpaired) electrons. The minimum Gasteiger partial charge on any atom is -0.473 e. The largest absolute Gasteiger partial charge is 0.473 e. The van der Waals surface area contributed by atoms with Crippen LogP contribution >= 0.6 is 11.7 Å². The van der Waals surface area contributed by atoms with Gasteiger partial charge in [-0.25, -0.2) is 4.39 Å². The highest BCUT2D eigenvalue weighted by Gasteiger charge is 2.08. The van der Waals surface area contributed by atoms with Crippen LogP contribution in [0.5, 0.6) is 5.88 Å². The Balaban J connectivity index is 1.73. The van der Waals surface area contributed by atoms with Crippen LogP contribution in [0.1, 0.15) is 16.7 Å². The molecule has 2 rings (SSSR count). The summed E-state index contributed by atoms with van der Waals surface area (Å²) in [7, 11) is 0. The standard InChI is InChI=1S/C14H18FN3O2S/c1-9-3-11(4-10(2)14(9)15)5-16-6-12(19)8-20-13-7-17-21-18-13/h3-4,7,12,16,19H,5-6,8H2,1-2H3. The molecule has 1 atom stereocenters. The first kappa shape index (κ1) is 15.8. The Kier molecular flexibility index (Phi) is 5.60. The summed E-state index contributed by atoms with van der Waals surface area (Å²) in [4.78, 5) is 0. The molecule has 21 heavy (non-hydrogen) atoms. The summed E-state index contributed by atoms with van der Waals surface area (Å²) in [5.41, 5.74) is 2.25. The highest BCUT2D eigenvalue weighted by molar-refractivity contribution is 6.99. The number of nitrogens with zero attached hydrogens (tertiary/aromatic N) is 2. The van der Waals surface area contributed by atoms with Gasteiger partial charge in [0.25, 0.3) is 0 Å². The molecule has 1 aromatic carbocycles. The molecule has 1 unspecified atom stereocenters. The van der Waals surface area contributed by atoms with Crippen molar-refractivity contribution in [3.05, 3.63) is 40.8 Å². The van der Waals surface area contributed by atoms with E-state index in [-0.39, 0.29) is 12.4 Å². The predicted molar refractivity (Wildman–Crippen MR) is 79.0 cm³/mol. The van der Waals surface area contributed by atoms with Crippen LogP contribution in [0.2, 0.25) is 0 Å². The fraction of sp³-hybridized carbons (Fsp3) is 0.429. The Labute approximate surface area is 127 Å². The second kappa shape index (κ2) is 7.44. The highest BCUT2D eigenvalue weighted by atomic mass is 32.1. The van der Waals surface area contributed by atoms with E-state index in [1.165, 1.54) is 6.20 Å². The van der Waals surface area contributed by atoms with Crippen LogP contribution in [-0.2, 0) is 6.54 Å². The smallest absolute Gasteiger partial charge is 0.245 e. The summed E-state index contributed by atoms with van der Waals surface area (Å²) in [6.07, 6.45) is 0.865. The van der Waals surface area contributed by atoms with Gasteiger partial charge >= 0.3 is 0 Å². The molecule has 0 aliphatic rings. The minimum absolute atomic E-state index is 0.153. The average molecular weight is 311 g/mol. The quantitative estimate of drug-likeness (QED) is 0.816. The van der Waals surface area contributed by atoms with Gasteiger partial charge in [-0.2, -0.15) is 4.37 Å². The van der Waals surface area contributed by atoms with E-state index in [9.17, 15) is 9.50 Å². The second-order valence-corrected chi connectivity index (χ2v) is 5.44. The predicted octanol–water partition coefficient (Wildman–Crippen LogP) is 1.82. The zero-order valence-corrected chi connectivity index (χ0v) is 12.8. The van der Waals surface area contributed by atoms with Crippen molar-refractivity contribution in [2.24, 2.45) is 0 Å². The average Bonchev–Trinajstić information content (AvgIpc) is 2.96. The Morgan fingerprint density at radius 1 is 1.38 bits per heavy atom. The van der Waals surface area contributed by atoms with Gasteiger partial charge in [-0.05, 0) is 30.5 Å². The Morgan fingerprint density at radius 3 is 2.71 bits per heavy atom. The fourth-order valence-corrected chi connectivity index (χ4v) is 2.35. The Hall–Kier alpha value is -1.57. The lowest BCUT2D eigenvalue weighted by molar-refractivity contribution is 0.104. The van der Waals surface area contributed by atoms with Crippen molar-refractivity contribution in [1.29, 1.82) is 0 Å². The zero-order chi connectivity index (χ0) is 15.2. The van der Waals surface area contributed by atoms with Crippen molar-refractivity contribution in [3.8, 4) is 5.88 Å². The van der Waals surface area contributed by atoms with E-state index < -0.39 is 6.10 Å². The SMILES string of the molecule is Cc1cc(CNCC(O)COc2cnsn2)cc(C)c1F. The van der Waals surface area contributed by atoms with Crippen molar-refractivity contribution in [1.82, 2.24) is 14.1 Å². The molecular weight excluding hydrogens is 293 g/mol. The summed E-state index contributed by atoms with van der Waals surface area (Å²) in [5, 5.41) is 12.9. The van der Waals surface area contributed by atoms with Crippen LogP contribution in [0, 0.1) is 19.7 Å². The monoisotopic (exact) mass is 311 g/mol. The zero-order valence-electron chi connectivity index (χ0n) is 12.0. The Morgan fingerprint density at radius 2 is 2.10 bits per heavy atom. The Bertz CT molecular complexity index is 555. The van der Waals surface area contributed by atoms with Crippen molar-refractivity contribution < 1.29 is 14.2 Å². The molecule has 114 valence electrons. The van der Waals surface area contributed by atoms with Crippen molar-refractivity contribution in [2.75, 3.05) is 13.2 Å². The molecule has 1 heterocycles. The number of aliphatic hydroxyl groups excluding tert-OH is 1. The molecule has 1 aromatic heterocycles. The lowest BCUT2D eigenvalue weighted by Gasteiger charge is -2.12. The van der Waals surface area contributed by atoms with E-state index in [1.807, 2.05) is 0 Å². The molecule has 0 aliphatic carbocycles. The number of rotatable bonds is 7. The second-order valence-electron chi connectivity index (χ2n) is 4.89. The first-order valence-electron chi connectivity index (χ1n) is 6.61. The molecule has 0 bridgehead atoms. The van der Waals surface area contributed by atoms with Crippen LogP contribution in [0.3, 0.4) is 0 Å². The van der Waals surface area contributed by atoms with E-state index in [1.54, 1.807) is 26.0 Å². The van der Waals surface area contributed by atoms with Crippen molar-refractivity contribution in [3.63, 3.8) is 0 Å². The number of halogens is 1. The molecule has 0 amide bonds. The summed E-state index contributed by atoms with van der Waals surface area (Å²) in [6, 6.07) is 3.61. The first-order chi connectivity index (χ1) is 10.1. The molecule has 0 aliphatic heterocycles. The summed E-state index contributed by atoms with van der Waals surface area (Å²) >= 11 is 1.06. The molecule has 0 spiro atoms. The third-order valence-corrected chi connectivity index (χ3v) is 3.43. The van der Waals surface area contributed by atoms with E-state index in [2.05, 4.69) is 14.1 Å². The first-order valence-corrected chi connectivity index (χ1v) is 7.34. The highest BCUT2D eigenvalue weighted by Crippen LogP contribution is 2.14. The molecule has 2 N–H and O–H groups in total. The summed E-state index contributed by atoms with van der Waals surface area (Å²) in [6.45, 7) is 4.59. The number of aliphatic hydroxyl groups is 1. The fourth-order valence-electron chi connectivity index (χ4n) is 1.98. The van der Waals surface area contributed by atoms with E-state index in [4.69, 9.17) is 4.74 Å². The van der Waals surface area contributed by atoms with Crippen LogP contribution in [0.15, 0.2) is 18.3 Å². The van der Waals surface area contributed by atoms with Gasteiger partial charge < -0.3 is 15.2 Å². The maximum Gasteiger partial charge on any atom is 0.245 e. The van der Waals surface area contributed by atoms with Crippen LogP contribution < -0.4 is 10.1 Å². The van der Waals surface area contributed by atoms with Gasteiger partial charge in [0.05, 0.1) is 11.7 Å². The van der Waals surface area contributed by atoms with Gasteiger partial charge in [0.1, 0.15) is 24.7 Å². The van der Waals surface area contributed by atoms with Gasteiger partial charge in [-0.3, -0.25) is 0 Å². The van der Waals surface area contributed by atoms with Gasteiger partial charge in [0.2, 0.25) is 5.88 Å². The molecule has 0 saturated heterocycles. The lowest BCUT2D eigenvalue weighted by Crippen LogP contribution is -2.31. The van der Waals surface area contributed by atoms with Crippen molar-refractivity contribution in [2.45, 2.75) is 26.5 Å². The maximum absolute atomic E-state index is 13.5. The minimum atomic E-state index is -0.644. The maximum atomic E-state index is 13.5. The van der Waals surface area contributed by atoms with E-state index >= 15 is 0 Å². The van der Waals surface area contributed by atoms with Gasteiger partial charge in [-0.1, -0.05) is 12.1 Å². The molecule has 5 nitrogen and oxygen atoms in total. The number of aromatic nitrogens is 2. The van der Waals surface area contributed by atoms with Crippen LogP contribution in [0.25, 0.3) is 0 Å². The summed E-state index contributed by atoms with van der Waals surface area (Å²) in [5.74, 6) is 0.257. The molecule has 7 heteroatoms. The van der Waals surface area contributed by atoms with Crippen LogP contribution in [-0.4, -0.2) is 33.1 Å². The lowest BCUT2D eigenvalue weighted by atomic mass is 10.1. The number of aryl methyl sites for hydroxylation is 2. The molecular formula is C14H18FN3O2S. The normalized spacial score (nSPS) is 12.4. The number of benzene rings is 1. The molecule has 0 fully saturated rings. The molecule has 2 aromatic rings. The van der Waals surface area contributed by atoms with Gasteiger partial charge in [0.15, 0.2) is 0 Å². The summed E-state index contributed by atoms with van der Waals surface area (Å²) < 4.78 is 26.5. The van der Waals surface area contributed by atoms with E-state index in [0.29, 0.717) is 30.1 Å². The van der Waals surface area contributed by atoms with Gasteiger partial charge in [0, 0.05) is 13.1 Å².